The Labute approximate surface area is 196 Å². The number of carbonyl (C=O) groups excluding carboxylic acids is 1. The average Bonchev–Trinajstić information content (AvgIpc) is 3.49. The summed E-state index contributed by atoms with van der Waals surface area (Å²) in [4.78, 5) is 18.8. The fourth-order valence-corrected chi connectivity index (χ4v) is 6.28. The van der Waals surface area contributed by atoms with Gasteiger partial charge in [-0.1, -0.05) is 11.6 Å². The highest BCUT2D eigenvalue weighted by Crippen LogP contribution is 2.32. The quantitative estimate of drug-likeness (QED) is 0.539. The van der Waals surface area contributed by atoms with Gasteiger partial charge in [0, 0.05) is 42.7 Å². The lowest BCUT2D eigenvalue weighted by molar-refractivity contribution is 0.0706. The van der Waals surface area contributed by atoms with Gasteiger partial charge in [-0.05, 0) is 62.1 Å². The number of likely N-dealkylation sites (tertiary alicyclic amines) is 1. The summed E-state index contributed by atoms with van der Waals surface area (Å²) in [5, 5.41) is 0.591. The topological polar surface area (TPSA) is 83.7 Å². The summed E-state index contributed by atoms with van der Waals surface area (Å²) in [6, 6.07) is 8.87. The number of piperidine rings is 1. The number of hydrogen-bond donors (Lipinski definition) is 0. The van der Waals surface area contributed by atoms with E-state index < -0.39 is 20.7 Å². The number of carbonyl (C=O) groups is 1. The van der Waals surface area contributed by atoms with Crippen LogP contribution in [0, 0.1) is 5.82 Å². The second-order valence-electron chi connectivity index (χ2n) is 8.49. The van der Waals surface area contributed by atoms with Gasteiger partial charge in [0.2, 0.25) is 10.0 Å². The van der Waals surface area contributed by atoms with Crippen LogP contribution in [0.3, 0.4) is 0 Å². The van der Waals surface area contributed by atoms with E-state index in [0.717, 1.165) is 18.9 Å². The molecule has 7 nitrogen and oxygen atoms in total. The van der Waals surface area contributed by atoms with Crippen molar-refractivity contribution in [2.45, 2.75) is 36.5 Å². The number of sulfonamides is 1. The molecule has 10 heteroatoms. The van der Waals surface area contributed by atoms with Gasteiger partial charge in [-0.25, -0.2) is 17.8 Å². The third-order valence-corrected chi connectivity index (χ3v) is 8.51. The van der Waals surface area contributed by atoms with Crippen molar-refractivity contribution in [1.82, 2.24) is 14.2 Å². The molecule has 2 saturated heterocycles. The highest BCUT2D eigenvalue weighted by molar-refractivity contribution is 7.89. The summed E-state index contributed by atoms with van der Waals surface area (Å²) in [7, 11) is -3.96. The van der Waals surface area contributed by atoms with Crippen LogP contribution in [0.2, 0.25) is 5.02 Å². The van der Waals surface area contributed by atoms with Crippen LogP contribution in [0.1, 0.15) is 47.8 Å². The van der Waals surface area contributed by atoms with Crippen LogP contribution in [-0.4, -0.2) is 54.7 Å². The molecule has 0 spiro atoms. The molecule has 3 heterocycles. The van der Waals surface area contributed by atoms with Gasteiger partial charge in [0.25, 0.3) is 5.91 Å². The molecular formula is C23H23ClFN3O4S. The molecule has 2 aliphatic rings. The van der Waals surface area contributed by atoms with Crippen molar-refractivity contribution in [3.05, 3.63) is 58.7 Å². The molecule has 0 N–H and O–H groups in total. The minimum Gasteiger partial charge on any atom is -0.440 e. The zero-order valence-electron chi connectivity index (χ0n) is 17.8. The van der Waals surface area contributed by atoms with E-state index in [1.807, 2.05) is 0 Å². The molecule has 0 bridgehead atoms. The van der Waals surface area contributed by atoms with Crippen LogP contribution in [0.25, 0.3) is 11.1 Å². The fourth-order valence-electron chi connectivity index (χ4n) is 4.51. The number of nitrogens with zero attached hydrogens (tertiary/aromatic N) is 3. The maximum atomic E-state index is 14.4. The van der Waals surface area contributed by atoms with Gasteiger partial charge in [-0.15, -0.1) is 0 Å². The van der Waals surface area contributed by atoms with Crippen molar-refractivity contribution in [3.8, 4) is 0 Å². The summed E-state index contributed by atoms with van der Waals surface area (Å²) in [6.07, 6.45) is 2.82. The first-order valence-corrected chi connectivity index (χ1v) is 12.8. The minimum atomic E-state index is -3.96. The third-order valence-electron chi connectivity index (χ3n) is 6.36. The van der Waals surface area contributed by atoms with E-state index in [9.17, 15) is 17.6 Å². The molecule has 0 radical (unpaired) electrons. The summed E-state index contributed by atoms with van der Waals surface area (Å²) < 4.78 is 47.2. The number of benzene rings is 2. The zero-order valence-corrected chi connectivity index (χ0v) is 19.4. The van der Waals surface area contributed by atoms with Crippen LogP contribution in [0.15, 0.2) is 45.7 Å². The summed E-state index contributed by atoms with van der Waals surface area (Å²) in [5.41, 5.74) is 1.55. The highest BCUT2D eigenvalue weighted by atomic mass is 35.5. The van der Waals surface area contributed by atoms with Crippen LogP contribution in [-0.2, 0) is 10.0 Å². The SMILES string of the molecule is O=C(c1ccc(F)c(S(=O)(=O)N2CCCC2)c1)N1CCC(c2nc3cc(Cl)ccc3o2)CC1. The lowest BCUT2D eigenvalue weighted by atomic mass is 9.96. The molecule has 0 aliphatic carbocycles. The second-order valence-corrected chi connectivity index (χ2v) is 10.8. The molecule has 2 fully saturated rings. The Morgan fingerprint density at radius 1 is 1.06 bits per heavy atom. The van der Waals surface area contributed by atoms with Gasteiger partial charge in [-0.2, -0.15) is 4.31 Å². The van der Waals surface area contributed by atoms with Crippen LogP contribution in [0.5, 0.6) is 0 Å². The van der Waals surface area contributed by atoms with Crippen molar-refractivity contribution in [1.29, 1.82) is 0 Å². The highest BCUT2D eigenvalue weighted by Gasteiger charge is 2.32. The maximum Gasteiger partial charge on any atom is 0.253 e. The van der Waals surface area contributed by atoms with Crippen LogP contribution in [0.4, 0.5) is 4.39 Å². The van der Waals surface area contributed by atoms with E-state index in [-0.39, 0.29) is 17.4 Å². The molecule has 0 saturated carbocycles. The number of hydrogen-bond acceptors (Lipinski definition) is 5. The predicted octanol–water partition coefficient (Wildman–Crippen LogP) is 4.42. The van der Waals surface area contributed by atoms with Crippen molar-refractivity contribution < 1.29 is 22.0 Å². The number of aromatic nitrogens is 1. The minimum absolute atomic E-state index is 0.0690. The largest absolute Gasteiger partial charge is 0.440 e. The van der Waals surface area contributed by atoms with E-state index in [2.05, 4.69) is 4.98 Å². The van der Waals surface area contributed by atoms with Crippen molar-refractivity contribution in [2.24, 2.45) is 0 Å². The number of amides is 1. The number of halogens is 2. The average molecular weight is 492 g/mol. The monoisotopic (exact) mass is 491 g/mol. The maximum absolute atomic E-state index is 14.4. The lowest BCUT2D eigenvalue weighted by Crippen LogP contribution is -2.38. The molecule has 2 aliphatic heterocycles. The van der Waals surface area contributed by atoms with E-state index in [1.54, 1.807) is 23.1 Å². The summed E-state index contributed by atoms with van der Waals surface area (Å²) in [5.74, 6) is -0.455. The number of fused-ring (bicyclic) bond motifs is 1. The summed E-state index contributed by atoms with van der Waals surface area (Å²) >= 11 is 6.02. The number of rotatable bonds is 4. The van der Waals surface area contributed by atoms with Gasteiger partial charge in [0.05, 0.1) is 0 Å². The van der Waals surface area contributed by atoms with E-state index in [0.29, 0.717) is 61.0 Å². The van der Waals surface area contributed by atoms with Gasteiger partial charge >= 0.3 is 0 Å². The van der Waals surface area contributed by atoms with E-state index >= 15 is 0 Å². The first-order valence-electron chi connectivity index (χ1n) is 11.0. The van der Waals surface area contributed by atoms with Crippen molar-refractivity contribution in [2.75, 3.05) is 26.2 Å². The predicted molar refractivity (Wildman–Crippen MR) is 121 cm³/mol. The van der Waals surface area contributed by atoms with Crippen molar-refractivity contribution >= 4 is 38.6 Å². The van der Waals surface area contributed by atoms with Gasteiger partial charge < -0.3 is 9.32 Å². The van der Waals surface area contributed by atoms with E-state index in [1.165, 1.54) is 16.4 Å². The molecule has 2 aromatic carbocycles. The van der Waals surface area contributed by atoms with Gasteiger partial charge in [-0.3, -0.25) is 4.79 Å². The first kappa shape index (κ1) is 22.3. The normalized spacial score (nSPS) is 18.3. The Morgan fingerprint density at radius 3 is 2.52 bits per heavy atom. The molecule has 33 heavy (non-hydrogen) atoms. The first-order chi connectivity index (χ1) is 15.8. The third kappa shape index (κ3) is 4.25. The van der Waals surface area contributed by atoms with E-state index in [4.69, 9.17) is 16.0 Å². The molecule has 1 aromatic heterocycles. The van der Waals surface area contributed by atoms with Gasteiger partial charge in [0.1, 0.15) is 16.2 Å². The second kappa shape index (κ2) is 8.70. The smallest absolute Gasteiger partial charge is 0.253 e. The Balaban J connectivity index is 1.30. The fraction of sp³-hybridized carbons (Fsp3) is 0.391. The van der Waals surface area contributed by atoms with Crippen LogP contribution < -0.4 is 0 Å². The Hall–Kier alpha value is -2.49. The lowest BCUT2D eigenvalue weighted by Gasteiger charge is -2.30. The Bertz CT molecular complexity index is 1310. The molecule has 1 amide bonds. The molecular weight excluding hydrogens is 469 g/mol. The molecule has 174 valence electrons. The van der Waals surface area contributed by atoms with Crippen LogP contribution >= 0.6 is 11.6 Å². The van der Waals surface area contributed by atoms with Gasteiger partial charge in [0.15, 0.2) is 11.5 Å². The van der Waals surface area contributed by atoms with Crippen molar-refractivity contribution in [3.63, 3.8) is 0 Å². The standard InChI is InChI=1S/C23H23ClFN3O4S/c24-17-4-6-20-19(14-17)26-22(32-20)15-7-11-27(12-8-15)23(29)16-3-5-18(25)21(13-16)33(30,31)28-9-1-2-10-28/h3-6,13-15H,1-2,7-12H2. The molecule has 3 aromatic rings. The number of oxazole rings is 1. The zero-order chi connectivity index (χ0) is 23.2. The molecule has 5 rings (SSSR count). The molecule has 0 unspecified atom stereocenters. The summed E-state index contributed by atoms with van der Waals surface area (Å²) in [6.45, 7) is 1.67. The molecule has 0 atom stereocenters. The Kier molecular flexibility index (Phi) is 5.88. The Morgan fingerprint density at radius 2 is 1.79 bits per heavy atom.